The molecule has 19 heteroatoms. The Labute approximate surface area is 367 Å². The summed E-state index contributed by atoms with van der Waals surface area (Å²) in [7, 11) is -10.4. The molecule has 2 unspecified atom stereocenters. The van der Waals surface area contributed by atoms with Crippen molar-refractivity contribution in [2.45, 2.75) is 99.2 Å². The third-order valence-corrected chi connectivity index (χ3v) is 13.7. The number of aryl methyl sites for hydroxylation is 1. The molecule has 0 radical (unpaired) electrons. The van der Waals surface area contributed by atoms with Crippen molar-refractivity contribution in [3.8, 4) is 0 Å². The molecule has 2 aromatic carbocycles. The number of hydrogen-bond donors (Lipinski definition) is 5. The molecule has 348 valence electrons. The molecule has 0 aliphatic heterocycles. The van der Waals surface area contributed by atoms with E-state index in [1.54, 1.807) is 32.2 Å². The minimum absolute atomic E-state index is 0.00861. The van der Waals surface area contributed by atoms with E-state index in [4.69, 9.17) is 24.7 Å². The molecule has 0 spiro atoms. The van der Waals surface area contributed by atoms with Crippen molar-refractivity contribution in [2.75, 3.05) is 66.2 Å². The van der Waals surface area contributed by atoms with Gasteiger partial charge in [-0.05, 0) is 117 Å². The minimum Gasteiger partial charge on any atom is -0.385 e. The van der Waals surface area contributed by atoms with Crippen LogP contribution in [0, 0.1) is 6.92 Å². The molecule has 2 aromatic rings. The lowest BCUT2D eigenvalue weighted by molar-refractivity contribution is -0.118. The Hall–Kier alpha value is -3.50. The second-order valence-electron chi connectivity index (χ2n) is 15.8. The van der Waals surface area contributed by atoms with Crippen LogP contribution in [0.15, 0.2) is 81.3 Å². The summed E-state index contributed by atoms with van der Waals surface area (Å²) in [6.45, 7) is 7.90. The van der Waals surface area contributed by atoms with Gasteiger partial charge >= 0.3 is 0 Å². The number of nitrogens with one attached hydrogen (secondary N) is 1. The molecule has 6 N–H and O–H groups in total. The van der Waals surface area contributed by atoms with E-state index in [0.29, 0.717) is 81.0 Å². The number of allylic oxidation sites excluding steroid dienone is 6. The second-order valence-corrected chi connectivity index (χ2v) is 20.3. The average molecular weight is 929 g/mol. The molecular formula is C43H64N2O14S3. The smallest absolute Gasteiger partial charge is 0.294 e. The summed E-state index contributed by atoms with van der Waals surface area (Å²) in [5.74, 6) is -0.932. The van der Waals surface area contributed by atoms with Gasteiger partial charge in [-0.2, -0.15) is 25.3 Å². The van der Waals surface area contributed by atoms with Crippen LogP contribution in [0.5, 0.6) is 0 Å². The van der Waals surface area contributed by atoms with Crippen molar-refractivity contribution in [1.82, 2.24) is 5.32 Å². The highest BCUT2D eigenvalue weighted by Crippen LogP contribution is 2.47. The van der Waals surface area contributed by atoms with E-state index in [1.807, 2.05) is 26.0 Å². The first-order chi connectivity index (χ1) is 29.1. The van der Waals surface area contributed by atoms with Crippen molar-refractivity contribution >= 4 is 36.3 Å². The molecule has 3 rings (SSSR count). The highest BCUT2D eigenvalue weighted by Gasteiger charge is 2.38. The first-order valence-corrected chi connectivity index (χ1v) is 25.0. The summed E-state index contributed by atoms with van der Waals surface area (Å²) in [4.78, 5) is 10.9. The van der Waals surface area contributed by atoms with Gasteiger partial charge in [0, 0.05) is 50.3 Å². The topological polar surface area (TPSA) is 255 Å². The Morgan fingerprint density at radius 3 is 2.11 bits per heavy atom. The number of methoxy groups -OCH3 is 2. The molecular weight excluding hydrogens is 865 g/mol. The molecule has 1 aliphatic carbocycles. The summed E-state index contributed by atoms with van der Waals surface area (Å²) >= 11 is 0. The summed E-state index contributed by atoms with van der Waals surface area (Å²) in [5.41, 5.74) is 8.63. The fraction of sp³-hybridized carbons (Fsp3) is 0.558. The maximum Gasteiger partial charge on any atom is 0.294 e. The van der Waals surface area contributed by atoms with Gasteiger partial charge in [0.25, 0.3) is 30.4 Å². The highest BCUT2D eigenvalue weighted by atomic mass is 32.2. The number of rotatable bonds is 29. The van der Waals surface area contributed by atoms with Crippen molar-refractivity contribution in [2.24, 2.45) is 5.73 Å². The van der Waals surface area contributed by atoms with Crippen LogP contribution in [-0.2, 0) is 71.3 Å². The molecule has 0 heterocycles. The number of amides is 1. The van der Waals surface area contributed by atoms with Crippen molar-refractivity contribution < 1.29 is 62.7 Å². The van der Waals surface area contributed by atoms with Crippen LogP contribution in [0.1, 0.15) is 87.5 Å². The summed E-state index contributed by atoms with van der Waals surface area (Å²) in [6, 6.07) is 8.80. The van der Waals surface area contributed by atoms with Crippen LogP contribution in [0.2, 0.25) is 0 Å². The van der Waals surface area contributed by atoms with Gasteiger partial charge < -0.3 is 30.0 Å². The molecule has 1 aliphatic rings. The number of nitrogens with two attached hydrogens (primary N) is 1. The van der Waals surface area contributed by atoms with Crippen LogP contribution in [-0.4, -0.2) is 111 Å². The van der Waals surface area contributed by atoms with Gasteiger partial charge in [0.2, 0.25) is 5.91 Å². The highest BCUT2D eigenvalue weighted by molar-refractivity contribution is 7.86. The van der Waals surface area contributed by atoms with Crippen LogP contribution >= 0.6 is 0 Å². The Morgan fingerprint density at radius 1 is 0.855 bits per heavy atom. The lowest BCUT2D eigenvalue weighted by Gasteiger charge is -2.40. The number of carbonyl (C=O) groups excluding carboxylic acids is 1. The average Bonchev–Trinajstić information content (AvgIpc) is 3.17. The number of primary amides is 1. The number of benzene rings is 2. The summed E-state index contributed by atoms with van der Waals surface area (Å²) < 4.78 is 125. The number of unbranched alkanes of at least 4 members (excludes halogenated alkanes) is 2. The Kier molecular flexibility index (Phi) is 20.4. The molecule has 0 saturated carbocycles. The van der Waals surface area contributed by atoms with Crippen molar-refractivity contribution in [3.05, 3.63) is 93.7 Å². The molecule has 62 heavy (non-hydrogen) atoms. The van der Waals surface area contributed by atoms with Gasteiger partial charge in [0.05, 0.1) is 48.6 Å². The van der Waals surface area contributed by atoms with Gasteiger partial charge in [-0.3, -0.25) is 18.5 Å². The van der Waals surface area contributed by atoms with E-state index in [0.717, 1.165) is 29.6 Å². The van der Waals surface area contributed by atoms with Crippen LogP contribution in [0.4, 0.5) is 0 Å². The molecule has 0 aromatic heterocycles. The largest absolute Gasteiger partial charge is 0.385 e. The maximum atomic E-state index is 12.5. The van der Waals surface area contributed by atoms with Gasteiger partial charge in [-0.15, -0.1) is 0 Å². The van der Waals surface area contributed by atoms with Crippen molar-refractivity contribution in [3.63, 3.8) is 0 Å². The van der Waals surface area contributed by atoms with Crippen molar-refractivity contribution in [1.29, 1.82) is 0 Å². The Balaban J connectivity index is 2.27. The quantitative estimate of drug-likeness (QED) is 0.0389. The van der Waals surface area contributed by atoms with Crippen LogP contribution in [0.25, 0.3) is 0 Å². The van der Waals surface area contributed by atoms with Gasteiger partial charge in [0.15, 0.2) is 0 Å². The van der Waals surface area contributed by atoms with Crippen LogP contribution in [0.3, 0.4) is 0 Å². The van der Waals surface area contributed by atoms with Gasteiger partial charge in [-0.25, -0.2) is 0 Å². The first kappa shape index (κ1) is 52.8. The van der Waals surface area contributed by atoms with E-state index < -0.39 is 46.9 Å². The number of ether oxygens (including phenoxy) is 4. The predicted molar refractivity (Wildman–Crippen MR) is 236 cm³/mol. The molecule has 0 bridgehead atoms. The fourth-order valence-electron chi connectivity index (χ4n) is 7.94. The molecule has 16 nitrogen and oxygen atoms in total. The Bertz CT molecular complexity index is 2260. The lowest BCUT2D eigenvalue weighted by Crippen LogP contribution is -2.36. The molecule has 0 saturated heterocycles. The molecule has 0 fully saturated rings. The van der Waals surface area contributed by atoms with E-state index in [9.17, 15) is 43.7 Å². The van der Waals surface area contributed by atoms with E-state index in [2.05, 4.69) is 5.32 Å². The first-order valence-electron chi connectivity index (χ1n) is 20.5. The zero-order valence-electron chi connectivity index (χ0n) is 36.4. The second kappa shape index (κ2) is 24.0. The monoisotopic (exact) mass is 928 g/mol. The lowest BCUT2D eigenvalue weighted by atomic mass is 9.65. The third-order valence-electron chi connectivity index (χ3n) is 11.2. The maximum absolute atomic E-state index is 12.5. The fourth-order valence-corrected chi connectivity index (χ4v) is 9.46. The standard InChI is InChI=1S/C43H64N2O14S3/c1-32-15-17-35(61(50,51)52)30-38(32)43(3,19-10-28-60(47,48)49)40(45-21-23-56-4)13-9-12-37-33(11-7-6-8-14-41(44)46)29-34-16-18-36(62(53,54)55)31-39(34)42(37,2)20-22-58-26-27-59-25-24-57-5/h9,12-13,15-18,30-31,45H,6-8,10-11,14,19-29H2,1-5H3,(H2,44,46)(H,47,48,49)(H,50,51,52)(H,53,54,55)/b12-9+,40-13+. The minimum atomic E-state index is -4.63. The Morgan fingerprint density at radius 2 is 1.48 bits per heavy atom. The summed E-state index contributed by atoms with van der Waals surface area (Å²) in [6.07, 6.45) is 9.53. The number of hydrogen-bond acceptors (Lipinski definition) is 12. The zero-order chi connectivity index (χ0) is 46.2. The van der Waals surface area contributed by atoms with Gasteiger partial charge in [-0.1, -0.05) is 43.2 Å². The van der Waals surface area contributed by atoms with Gasteiger partial charge in [0.1, 0.15) is 0 Å². The predicted octanol–water partition coefficient (Wildman–Crippen LogP) is 5.41. The normalized spacial score (nSPS) is 17.3. The van der Waals surface area contributed by atoms with Crippen LogP contribution < -0.4 is 11.1 Å². The van der Waals surface area contributed by atoms with E-state index >= 15 is 0 Å². The molecule has 2 atom stereocenters. The molecule has 1 amide bonds. The number of fused-ring (bicyclic) bond motifs is 1. The SMILES string of the molecule is COCCN/C(=C/C=C/C1=C(CCCCCC(N)=O)Cc2ccc(S(=O)(=O)O)cc2C1(C)CCOCCOCCOC)C(C)(CCCS(=O)(=O)O)c1cc(S(=O)(=O)O)ccc1C. The zero-order valence-corrected chi connectivity index (χ0v) is 38.8. The number of carbonyl (C=O) groups is 1. The van der Waals surface area contributed by atoms with E-state index in [1.165, 1.54) is 31.4 Å². The van der Waals surface area contributed by atoms with E-state index in [-0.39, 0.29) is 48.2 Å². The third kappa shape index (κ3) is 15.9. The summed E-state index contributed by atoms with van der Waals surface area (Å²) in [5, 5.41) is 3.40.